The molecule has 0 aliphatic heterocycles. The monoisotopic (exact) mass is 293 g/mol. The average Bonchev–Trinajstić information content (AvgIpc) is 2.47. The summed E-state index contributed by atoms with van der Waals surface area (Å²) in [6.07, 6.45) is 0.991. The fraction of sp³-hybridized carbons (Fsp3) is 0.667. The van der Waals surface area contributed by atoms with E-state index in [0.717, 1.165) is 24.3 Å². The smallest absolute Gasteiger partial charge is 0.124 e. The van der Waals surface area contributed by atoms with Gasteiger partial charge in [-0.15, -0.1) is 0 Å². The summed E-state index contributed by atoms with van der Waals surface area (Å²) in [6, 6.07) is 6.73. The molecule has 3 heteroatoms. The van der Waals surface area contributed by atoms with Gasteiger partial charge in [-0.05, 0) is 58.4 Å². The zero-order valence-electron chi connectivity index (χ0n) is 14.5. The molecule has 0 saturated heterocycles. The Morgan fingerprint density at radius 1 is 1.19 bits per heavy atom. The van der Waals surface area contributed by atoms with Gasteiger partial charge in [0.15, 0.2) is 0 Å². The van der Waals surface area contributed by atoms with Crippen molar-refractivity contribution < 1.29 is 9.47 Å². The predicted octanol–water partition coefficient (Wildman–Crippen LogP) is 4.46. The second kappa shape index (κ2) is 8.40. The molecule has 0 bridgehead atoms. The Morgan fingerprint density at radius 3 is 2.48 bits per heavy atom. The molecule has 1 aromatic carbocycles. The van der Waals surface area contributed by atoms with E-state index >= 15 is 0 Å². The highest BCUT2D eigenvalue weighted by Crippen LogP contribution is 2.26. The molecule has 0 aliphatic carbocycles. The minimum atomic E-state index is -0.104. The van der Waals surface area contributed by atoms with E-state index in [9.17, 15) is 0 Å². The van der Waals surface area contributed by atoms with Gasteiger partial charge in [-0.25, -0.2) is 0 Å². The second-order valence-corrected chi connectivity index (χ2v) is 5.98. The van der Waals surface area contributed by atoms with Crippen LogP contribution in [0.25, 0.3) is 0 Å². The van der Waals surface area contributed by atoms with Crippen LogP contribution in [0.15, 0.2) is 18.2 Å². The Hall–Kier alpha value is -1.06. The van der Waals surface area contributed by atoms with Crippen LogP contribution in [0.4, 0.5) is 0 Å². The molecule has 0 fully saturated rings. The first-order valence-electron chi connectivity index (χ1n) is 8.06. The second-order valence-electron chi connectivity index (χ2n) is 5.98. The van der Waals surface area contributed by atoms with Crippen LogP contribution in [0, 0.1) is 0 Å². The predicted molar refractivity (Wildman–Crippen MR) is 88.9 cm³/mol. The molecule has 1 aromatic rings. The van der Waals surface area contributed by atoms with Gasteiger partial charge in [0.05, 0.1) is 18.8 Å². The fourth-order valence-corrected chi connectivity index (χ4v) is 2.08. The van der Waals surface area contributed by atoms with Gasteiger partial charge >= 0.3 is 0 Å². The third-order valence-electron chi connectivity index (χ3n) is 3.86. The summed E-state index contributed by atoms with van der Waals surface area (Å²) >= 11 is 0. The Labute approximate surface area is 130 Å². The van der Waals surface area contributed by atoms with Gasteiger partial charge in [-0.2, -0.15) is 0 Å². The van der Waals surface area contributed by atoms with E-state index in [1.807, 2.05) is 6.92 Å². The SMILES string of the molecule is CCNC(C)c1ccc(OCC)c(COC(C)(C)CC)c1. The summed E-state index contributed by atoms with van der Waals surface area (Å²) in [6.45, 7) is 14.9. The quantitative estimate of drug-likeness (QED) is 0.729. The maximum Gasteiger partial charge on any atom is 0.124 e. The van der Waals surface area contributed by atoms with E-state index in [0.29, 0.717) is 19.3 Å². The van der Waals surface area contributed by atoms with Crippen molar-refractivity contribution in [2.45, 2.75) is 66.2 Å². The molecular formula is C18H31NO2. The van der Waals surface area contributed by atoms with Gasteiger partial charge in [-0.3, -0.25) is 0 Å². The topological polar surface area (TPSA) is 30.5 Å². The van der Waals surface area contributed by atoms with Crippen LogP contribution in [0.5, 0.6) is 5.75 Å². The van der Waals surface area contributed by atoms with E-state index in [1.54, 1.807) is 0 Å². The van der Waals surface area contributed by atoms with E-state index < -0.39 is 0 Å². The fourth-order valence-electron chi connectivity index (χ4n) is 2.08. The van der Waals surface area contributed by atoms with Gasteiger partial charge in [0.1, 0.15) is 5.75 Å². The molecule has 1 unspecified atom stereocenters. The highest BCUT2D eigenvalue weighted by molar-refractivity contribution is 5.38. The van der Waals surface area contributed by atoms with Crippen LogP contribution >= 0.6 is 0 Å². The molecule has 1 atom stereocenters. The normalized spacial score (nSPS) is 13.2. The molecule has 0 aromatic heterocycles. The maximum atomic E-state index is 6.05. The third kappa shape index (κ3) is 5.68. The maximum absolute atomic E-state index is 6.05. The number of ether oxygens (including phenoxy) is 2. The van der Waals surface area contributed by atoms with Crippen LogP contribution in [-0.4, -0.2) is 18.8 Å². The molecule has 21 heavy (non-hydrogen) atoms. The summed E-state index contributed by atoms with van der Waals surface area (Å²) in [4.78, 5) is 0. The molecule has 1 rings (SSSR count). The Bertz CT molecular complexity index is 429. The van der Waals surface area contributed by atoms with Crippen LogP contribution in [0.3, 0.4) is 0 Å². The zero-order chi connectivity index (χ0) is 15.9. The van der Waals surface area contributed by atoms with Crippen molar-refractivity contribution in [1.82, 2.24) is 5.32 Å². The van der Waals surface area contributed by atoms with Gasteiger partial charge < -0.3 is 14.8 Å². The minimum Gasteiger partial charge on any atom is -0.494 e. The molecule has 3 nitrogen and oxygen atoms in total. The van der Waals surface area contributed by atoms with Crippen molar-refractivity contribution in [2.24, 2.45) is 0 Å². The summed E-state index contributed by atoms with van der Waals surface area (Å²) < 4.78 is 11.8. The lowest BCUT2D eigenvalue weighted by atomic mass is 10.0. The lowest BCUT2D eigenvalue weighted by molar-refractivity contribution is -0.0323. The molecule has 0 heterocycles. The number of hydrogen-bond acceptors (Lipinski definition) is 3. The summed E-state index contributed by atoms with van der Waals surface area (Å²) in [5.74, 6) is 0.928. The highest BCUT2D eigenvalue weighted by Gasteiger charge is 2.17. The Morgan fingerprint density at radius 2 is 1.90 bits per heavy atom. The molecule has 0 radical (unpaired) electrons. The minimum absolute atomic E-state index is 0.104. The first-order chi connectivity index (χ1) is 9.93. The Balaban J connectivity index is 2.92. The first kappa shape index (κ1) is 18.0. The molecule has 120 valence electrons. The van der Waals surface area contributed by atoms with Crippen LogP contribution in [0.2, 0.25) is 0 Å². The van der Waals surface area contributed by atoms with E-state index in [4.69, 9.17) is 9.47 Å². The lowest BCUT2D eigenvalue weighted by Crippen LogP contribution is -2.23. The van der Waals surface area contributed by atoms with Crippen molar-refractivity contribution in [3.63, 3.8) is 0 Å². The Kier molecular flexibility index (Phi) is 7.20. The molecule has 0 amide bonds. The van der Waals surface area contributed by atoms with Gasteiger partial charge in [0.2, 0.25) is 0 Å². The van der Waals surface area contributed by atoms with Crippen LogP contribution in [0.1, 0.15) is 65.1 Å². The molecule has 0 spiro atoms. The van der Waals surface area contributed by atoms with Crippen molar-refractivity contribution in [3.05, 3.63) is 29.3 Å². The number of benzene rings is 1. The van der Waals surface area contributed by atoms with Crippen molar-refractivity contribution in [3.8, 4) is 5.75 Å². The van der Waals surface area contributed by atoms with E-state index in [2.05, 4.69) is 58.1 Å². The zero-order valence-corrected chi connectivity index (χ0v) is 14.5. The number of rotatable bonds is 9. The number of nitrogens with one attached hydrogen (secondary N) is 1. The van der Waals surface area contributed by atoms with Gasteiger partial charge in [0.25, 0.3) is 0 Å². The highest BCUT2D eigenvalue weighted by atomic mass is 16.5. The molecular weight excluding hydrogens is 262 g/mol. The standard InChI is InChI=1S/C18H31NO2/c1-7-18(5,6)21-13-16-12-15(14(4)19-8-2)10-11-17(16)20-9-3/h10-12,14,19H,7-9,13H2,1-6H3. The van der Waals surface area contributed by atoms with Crippen molar-refractivity contribution in [2.75, 3.05) is 13.2 Å². The summed E-state index contributed by atoms with van der Waals surface area (Å²) in [5.41, 5.74) is 2.29. The van der Waals surface area contributed by atoms with Crippen LogP contribution < -0.4 is 10.1 Å². The third-order valence-corrected chi connectivity index (χ3v) is 3.86. The van der Waals surface area contributed by atoms with Crippen LogP contribution in [-0.2, 0) is 11.3 Å². The van der Waals surface area contributed by atoms with E-state index in [1.165, 1.54) is 5.56 Å². The molecule has 0 aliphatic rings. The summed E-state index contributed by atoms with van der Waals surface area (Å²) in [7, 11) is 0. The molecule has 1 N–H and O–H groups in total. The average molecular weight is 293 g/mol. The largest absolute Gasteiger partial charge is 0.494 e. The van der Waals surface area contributed by atoms with E-state index in [-0.39, 0.29) is 5.60 Å². The molecule has 0 saturated carbocycles. The van der Waals surface area contributed by atoms with Crippen molar-refractivity contribution >= 4 is 0 Å². The van der Waals surface area contributed by atoms with Gasteiger partial charge in [-0.1, -0.05) is 19.9 Å². The van der Waals surface area contributed by atoms with Gasteiger partial charge in [0, 0.05) is 11.6 Å². The van der Waals surface area contributed by atoms with Crippen molar-refractivity contribution in [1.29, 1.82) is 0 Å². The summed E-state index contributed by atoms with van der Waals surface area (Å²) in [5, 5.41) is 3.44. The lowest BCUT2D eigenvalue weighted by Gasteiger charge is -2.25. The number of hydrogen-bond donors (Lipinski definition) is 1. The first-order valence-corrected chi connectivity index (χ1v) is 8.06.